The summed E-state index contributed by atoms with van der Waals surface area (Å²) in [5.74, 6) is 0.144. The van der Waals surface area contributed by atoms with Crippen LogP contribution in [-0.2, 0) is 11.2 Å². The quantitative estimate of drug-likeness (QED) is 0.815. The Balaban J connectivity index is 1.85. The molecule has 0 saturated heterocycles. The van der Waals surface area contributed by atoms with Crippen molar-refractivity contribution in [1.29, 1.82) is 0 Å². The number of para-hydroxylation sites is 1. The lowest BCUT2D eigenvalue weighted by atomic mass is 10.1. The number of rotatable bonds is 3. The average Bonchev–Trinajstić information content (AvgIpc) is 2.89. The zero-order chi connectivity index (χ0) is 16.6. The first-order chi connectivity index (χ1) is 11.0. The zero-order valence-corrected chi connectivity index (χ0v) is 14.2. The summed E-state index contributed by atoms with van der Waals surface area (Å²) >= 11 is 0. The van der Waals surface area contributed by atoms with Gasteiger partial charge in [-0.15, -0.1) is 0 Å². The van der Waals surface area contributed by atoms with Gasteiger partial charge in [0.1, 0.15) is 0 Å². The van der Waals surface area contributed by atoms with Crippen LogP contribution < -0.4 is 14.4 Å². The molecule has 120 valence electrons. The number of hydrogen-bond acceptors (Lipinski definition) is 2. The molecule has 2 heterocycles. The van der Waals surface area contributed by atoms with Gasteiger partial charge in [-0.1, -0.05) is 18.2 Å². The van der Waals surface area contributed by atoms with Crippen LogP contribution in [0.25, 0.3) is 0 Å². The van der Waals surface area contributed by atoms with E-state index >= 15 is 0 Å². The minimum Gasteiger partial charge on any atom is -0.377 e. The molecule has 1 aliphatic rings. The number of fused-ring (bicyclic) bond motifs is 1. The van der Waals surface area contributed by atoms with Crippen molar-refractivity contribution in [2.75, 3.05) is 23.9 Å². The molecule has 0 aliphatic carbocycles. The van der Waals surface area contributed by atoms with Crippen molar-refractivity contribution in [3.63, 3.8) is 0 Å². The zero-order valence-electron chi connectivity index (χ0n) is 14.2. The maximum Gasteiger partial charge on any atom is 0.296 e. The molecule has 2 atom stereocenters. The Labute approximate surface area is 138 Å². The van der Waals surface area contributed by atoms with Crippen LogP contribution in [0.2, 0.25) is 0 Å². The maximum absolute atomic E-state index is 13.0. The number of aromatic nitrogens is 1. The van der Waals surface area contributed by atoms with Gasteiger partial charge >= 0.3 is 0 Å². The first-order valence-electron chi connectivity index (χ1n) is 8.08. The minimum atomic E-state index is -0.222. The molecule has 1 aromatic heterocycles. The summed E-state index contributed by atoms with van der Waals surface area (Å²) in [5, 5.41) is 0. The molecule has 0 radical (unpaired) electrons. The summed E-state index contributed by atoms with van der Waals surface area (Å²) in [7, 11) is 4.02. The van der Waals surface area contributed by atoms with Crippen LogP contribution in [0.1, 0.15) is 25.5 Å². The van der Waals surface area contributed by atoms with E-state index in [0.29, 0.717) is 0 Å². The number of benzene rings is 1. The SMILES string of the molecule is C[C@@H]1Cc2ccccc2N1C(=O)[C@@H](C)[n+]1ccc(N(C)C)cc1. The van der Waals surface area contributed by atoms with Crippen LogP contribution >= 0.6 is 0 Å². The van der Waals surface area contributed by atoms with Gasteiger partial charge in [-0.05, 0) is 25.0 Å². The Morgan fingerprint density at radius 1 is 1.22 bits per heavy atom. The summed E-state index contributed by atoms with van der Waals surface area (Å²) in [4.78, 5) is 17.0. The van der Waals surface area contributed by atoms with Gasteiger partial charge in [0.05, 0.1) is 0 Å². The normalized spacial score (nSPS) is 17.7. The van der Waals surface area contributed by atoms with Crippen LogP contribution in [0, 0.1) is 0 Å². The van der Waals surface area contributed by atoms with Gasteiger partial charge in [-0.25, -0.2) is 0 Å². The molecule has 0 fully saturated rings. The van der Waals surface area contributed by atoms with Crippen molar-refractivity contribution in [3.05, 3.63) is 54.4 Å². The van der Waals surface area contributed by atoms with Crippen molar-refractivity contribution < 1.29 is 9.36 Å². The highest BCUT2D eigenvalue weighted by molar-refractivity contribution is 5.97. The number of pyridine rings is 1. The van der Waals surface area contributed by atoms with E-state index < -0.39 is 0 Å². The molecule has 0 spiro atoms. The first-order valence-corrected chi connectivity index (χ1v) is 8.08. The van der Waals surface area contributed by atoms with Gasteiger partial charge in [0.25, 0.3) is 5.91 Å². The van der Waals surface area contributed by atoms with Crippen LogP contribution in [0.15, 0.2) is 48.8 Å². The largest absolute Gasteiger partial charge is 0.377 e. The van der Waals surface area contributed by atoms with Crippen LogP contribution in [0.4, 0.5) is 11.4 Å². The monoisotopic (exact) mass is 310 g/mol. The lowest BCUT2D eigenvalue weighted by Crippen LogP contribution is -2.49. The molecule has 1 aliphatic heterocycles. The Hall–Kier alpha value is -2.36. The van der Waals surface area contributed by atoms with Gasteiger partial charge < -0.3 is 9.80 Å². The summed E-state index contributed by atoms with van der Waals surface area (Å²) in [6, 6.07) is 12.3. The van der Waals surface area contributed by atoms with Crippen LogP contribution in [0.3, 0.4) is 0 Å². The Morgan fingerprint density at radius 3 is 2.52 bits per heavy atom. The molecule has 0 bridgehead atoms. The van der Waals surface area contributed by atoms with E-state index in [1.165, 1.54) is 5.56 Å². The van der Waals surface area contributed by atoms with E-state index in [1.54, 1.807) is 0 Å². The highest BCUT2D eigenvalue weighted by Crippen LogP contribution is 2.32. The van der Waals surface area contributed by atoms with E-state index in [1.807, 2.05) is 73.2 Å². The van der Waals surface area contributed by atoms with E-state index in [2.05, 4.69) is 17.9 Å². The van der Waals surface area contributed by atoms with Crippen molar-refractivity contribution in [3.8, 4) is 0 Å². The van der Waals surface area contributed by atoms with Crippen molar-refractivity contribution in [1.82, 2.24) is 0 Å². The number of carbonyl (C=O) groups is 1. The standard InChI is InChI=1S/C19H24N3O/c1-14-13-16-7-5-6-8-18(16)22(14)19(23)15(2)21-11-9-17(10-12-21)20(3)4/h5-12,14-15H,13H2,1-4H3/q+1/t14-,15-/m1/s1. The molecule has 4 nitrogen and oxygen atoms in total. The average molecular weight is 310 g/mol. The summed E-state index contributed by atoms with van der Waals surface area (Å²) < 4.78 is 1.98. The van der Waals surface area contributed by atoms with Crippen LogP contribution in [-0.4, -0.2) is 26.0 Å². The van der Waals surface area contributed by atoms with E-state index in [4.69, 9.17) is 0 Å². The highest BCUT2D eigenvalue weighted by Gasteiger charge is 2.36. The topological polar surface area (TPSA) is 27.4 Å². The molecule has 0 saturated carbocycles. The number of anilines is 2. The molecular weight excluding hydrogens is 286 g/mol. The molecule has 2 aromatic rings. The van der Waals surface area contributed by atoms with Crippen LogP contribution in [0.5, 0.6) is 0 Å². The van der Waals surface area contributed by atoms with E-state index in [0.717, 1.165) is 17.8 Å². The lowest BCUT2D eigenvalue weighted by molar-refractivity contribution is -0.705. The summed E-state index contributed by atoms with van der Waals surface area (Å²) in [6.45, 7) is 4.08. The molecule has 23 heavy (non-hydrogen) atoms. The molecule has 0 N–H and O–H groups in total. The molecule has 3 rings (SSSR count). The van der Waals surface area contributed by atoms with Gasteiger partial charge in [-0.2, -0.15) is 4.57 Å². The fourth-order valence-corrected chi connectivity index (χ4v) is 3.22. The third-order valence-electron chi connectivity index (χ3n) is 4.60. The Kier molecular flexibility index (Phi) is 4.07. The molecule has 1 aromatic carbocycles. The van der Waals surface area contributed by atoms with Crippen molar-refractivity contribution >= 4 is 17.3 Å². The first kappa shape index (κ1) is 15.5. The highest BCUT2D eigenvalue weighted by atomic mass is 16.2. The fraction of sp³-hybridized carbons (Fsp3) is 0.368. The molecule has 4 heteroatoms. The third kappa shape index (κ3) is 2.81. The summed E-state index contributed by atoms with van der Waals surface area (Å²) in [5.41, 5.74) is 3.44. The van der Waals surface area contributed by atoms with E-state index in [9.17, 15) is 4.79 Å². The van der Waals surface area contributed by atoms with Gasteiger partial charge in [-0.3, -0.25) is 4.79 Å². The third-order valence-corrected chi connectivity index (χ3v) is 4.60. The lowest BCUT2D eigenvalue weighted by Gasteiger charge is -2.24. The second-order valence-corrected chi connectivity index (χ2v) is 6.46. The van der Waals surface area contributed by atoms with Gasteiger partial charge in [0, 0.05) is 50.6 Å². The molecule has 1 amide bonds. The number of hydrogen-bond donors (Lipinski definition) is 0. The minimum absolute atomic E-state index is 0.144. The fourth-order valence-electron chi connectivity index (χ4n) is 3.22. The Morgan fingerprint density at radius 2 is 1.87 bits per heavy atom. The van der Waals surface area contributed by atoms with Gasteiger partial charge in [0.2, 0.25) is 6.04 Å². The maximum atomic E-state index is 13.0. The number of carbonyl (C=O) groups excluding carboxylic acids is 1. The molecular formula is C19H24N3O+. The Bertz CT molecular complexity index is 709. The van der Waals surface area contributed by atoms with Crippen molar-refractivity contribution in [2.45, 2.75) is 32.4 Å². The number of amides is 1. The number of nitrogens with zero attached hydrogens (tertiary/aromatic N) is 3. The second kappa shape index (κ2) is 6.03. The van der Waals surface area contributed by atoms with Gasteiger partial charge in [0.15, 0.2) is 12.4 Å². The predicted molar refractivity (Wildman–Crippen MR) is 92.8 cm³/mol. The van der Waals surface area contributed by atoms with Crippen molar-refractivity contribution in [2.24, 2.45) is 0 Å². The molecule has 0 unspecified atom stereocenters. The summed E-state index contributed by atoms with van der Waals surface area (Å²) in [6.07, 6.45) is 4.88. The second-order valence-electron chi connectivity index (χ2n) is 6.46. The smallest absolute Gasteiger partial charge is 0.296 e. The van der Waals surface area contributed by atoms with E-state index in [-0.39, 0.29) is 18.0 Å². The predicted octanol–water partition coefficient (Wildman–Crippen LogP) is 2.58.